The molecule has 0 bridgehead atoms. The number of benzene rings is 1. The van der Waals surface area contributed by atoms with Crippen molar-refractivity contribution in [3.05, 3.63) is 41.2 Å². The summed E-state index contributed by atoms with van der Waals surface area (Å²) in [6, 6.07) is 6.61. The molecule has 2 atom stereocenters. The van der Waals surface area contributed by atoms with E-state index in [9.17, 15) is 15.0 Å². The Balaban J connectivity index is 1.85. The number of phenols is 1. The second-order valence-corrected chi connectivity index (χ2v) is 7.57. The number of hydrogen-bond donors (Lipinski definition) is 2. The van der Waals surface area contributed by atoms with Crippen molar-refractivity contribution in [2.75, 3.05) is 6.54 Å². The molecular weight excluding hydrogens is 332 g/mol. The van der Waals surface area contributed by atoms with Gasteiger partial charge in [-0.3, -0.25) is 4.79 Å². The number of aliphatic hydroxyl groups is 1. The number of amides is 1. The topological polar surface area (TPSA) is 91.5 Å². The van der Waals surface area contributed by atoms with Crippen LogP contribution in [-0.2, 0) is 5.60 Å². The predicted molar refractivity (Wildman–Crippen MR) is 96.9 cm³/mol. The summed E-state index contributed by atoms with van der Waals surface area (Å²) in [6.07, 6.45) is 1.67. The number of aromatic nitrogens is 3. The van der Waals surface area contributed by atoms with Crippen molar-refractivity contribution in [3.63, 3.8) is 0 Å². The first-order valence-corrected chi connectivity index (χ1v) is 8.93. The van der Waals surface area contributed by atoms with Gasteiger partial charge >= 0.3 is 0 Å². The molecule has 26 heavy (non-hydrogen) atoms. The summed E-state index contributed by atoms with van der Waals surface area (Å²) in [5, 5.41) is 29.2. The highest BCUT2D eigenvalue weighted by molar-refractivity contribution is 5.97. The Bertz CT molecular complexity index is 809. The van der Waals surface area contributed by atoms with E-state index in [0.29, 0.717) is 23.5 Å². The van der Waals surface area contributed by atoms with Gasteiger partial charge in [-0.15, -0.1) is 0 Å². The largest absolute Gasteiger partial charge is 0.507 e. The first-order valence-electron chi connectivity index (χ1n) is 8.93. The molecule has 2 heterocycles. The standard InChI is InChI=1S/C19H26N4O3/c1-12-9-10-14(23-20-13(2)17(21-23)19(3,4)26)11-22(12)18(25)15-7-5-6-8-16(15)24/h5-8,12,14,24,26H,9-11H2,1-4H3/t12-,14-/m1/s1. The highest BCUT2D eigenvalue weighted by Gasteiger charge is 2.33. The summed E-state index contributed by atoms with van der Waals surface area (Å²) < 4.78 is 0. The Kier molecular flexibility index (Phi) is 4.75. The molecule has 1 saturated heterocycles. The third kappa shape index (κ3) is 3.44. The highest BCUT2D eigenvalue weighted by atomic mass is 16.3. The van der Waals surface area contributed by atoms with Gasteiger partial charge in [0.25, 0.3) is 5.91 Å². The summed E-state index contributed by atoms with van der Waals surface area (Å²) >= 11 is 0. The van der Waals surface area contributed by atoms with Crippen LogP contribution >= 0.6 is 0 Å². The predicted octanol–water partition coefficient (Wildman–Crippen LogP) is 2.39. The molecule has 0 saturated carbocycles. The summed E-state index contributed by atoms with van der Waals surface area (Å²) in [6.45, 7) is 7.68. The zero-order valence-corrected chi connectivity index (χ0v) is 15.7. The number of nitrogens with zero attached hydrogens (tertiary/aromatic N) is 4. The third-order valence-corrected chi connectivity index (χ3v) is 4.96. The first kappa shape index (κ1) is 18.4. The SMILES string of the molecule is Cc1nn([C@@H]2CC[C@@H](C)N(C(=O)c3ccccc3O)C2)nc1C(C)(C)O. The number of aryl methyl sites for hydroxylation is 1. The van der Waals surface area contributed by atoms with Crippen LogP contribution in [0.25, 0.3) is 0 Å². The average Bonchev–Trinajstić information content (AvgIpc) is 2.97. The molecule has 0 spiro atoms. The number of phenolic OH excluding ortho intramolecular Hbond substituents is 1. The van der Waals surface area contributed by atoms with Crippen molar-refractivity contribution in [2.24, 2.45) is 0 Å². The number of rotatable bonds is 3. The molecule has 0 radical (unpaired) electrons. The fraction of sp³-hybridized carbons (Fsp3) is 0.526. The van der Waals surface area contributed by atoms with Crippen molar-refractivity contribution in [1.82, 2.24) is 19.9 Å². The number of aromatic hydroxyl groups is 1. The first-order chi connectivity index (χ1) is 12.2. The number of carbonyl (C=O) groups is 1. The molecule has 7 nitrogen and oxygen atoms in total. The quantitative estimate of drug-likeness (QED) is 0.879. The van der Waals surface area contributed by atoms with Gasteiger partial charge in [-0.1, -0.05) is 12.1 Å². The normalized spacial score (nSPS) is 21.0. The van der Waals surface area contributed by atoms with E-state index in [0.717, 1.165) is 12.8 Å². The van der Waals surface area contributed by atoms with Gasteiger partial charge < -0.3 is 15.1 Å². The van der Waals surface area contributed by atoms with Crippen molar-refractivity contribution >= 4 is 5.91 Å². The lowest BCUT2D eigenvalue weighted by Crippen LogP contribution is -2.46. The minimum absolute atomic E-state index is 0.0100. The third-order valence-electron chi connectivity index (χ3n) is 4.96. The van der Waals surface area contributed by atoms with Gasteiger partial charge in [-0.2, -0.15) is 15.0 Å². The number of para-hydroxylation sites is 1. The molecule has 1 aliphatic heterocycles. The van der Waals surface area contributed by atoms with E-state index in [-0.39, 0.29) is 23.7 Å². The van der Waals surface area contributed by atoms with Crippen LogP contribution in [0.2, 0.25) is 0 Å². The van der Waals surface area contributed by atoms with Crippen LogP contribution < -0.4 is 0 Å². The molecule has 1 aromatic heterocycles. The fourth-order valence-corrected chi connectivity index (χ4v) is 3.50. The molecule has 140 valence electrons. The van der Waals surface area contributed by atoms with Crippen LogP contribution in [0.5, 0.6) is 5.75 Å². The molecule has 2 aromatic rings. The molecule has 0 unspecified atom stereocenters. The summed E-state index contributed by atoms with van der Waals surface area (Å²) in [5.41, 5.74) is 0.488. The summed E-state index contributed by atoms with van der Waals surface area (Å²) in [4.78, 5) is 16.3. The Hall–Kier alpha value is -2.41. The molecule has 1 amide bonds. The summed E-state index contributed by atoms with van der Waals surface area (Å²) in [7, 11) is 0. The smallest absolute Gasteiger partial charge is 0.257 e. The Morgan fingerprint density at radius 3 is 2.54 bits per heavy atom. The van der Waals surface area contributed by atoms with E-state index < -0.39 is 5.60 Å². The van der Waals surface area contributed by atoms with E-state index in [2.05, 4.69) is 10.2 Å². The zero-order chi connectivity index (χ0) is 19.1. The molecular formula is C19H26N4O3. The van der Waals surface area contributed by atoms with E-state index in [4.69, 9.17) is 0 Å². The minimum Gasteiger partial charge on any atom is -0.507 e. The van der Waals surface area contributed by atoms with E-state index in [1.165, 1.54) is 6.07 Å². The van der Waals surface area contributed by atoms with Crippen molar-refractivity contribution in [2.45, 2.75) is 58.2 Å². The van der Waals surface area contributed by atoms with Crippen LogP contribution in [0, 0.1) is 6.92 Å². The molecule has 3 rings (SSSR count). The van der Waals surface area contributed by atoms with E-state index >= 15 is 0 Å². The number of likely N-dealkylation sites (tertiary alicyclic amines) is 1. The number of piperidine rings is 1. The molecule has 1 aliphatic rings. The van der Waals surface area contributed by atoms with Gasteiger partial charge in [-0.05, 0) is 52.7 Å². The molecule has 7 heteroatoms. The highest BCUT2D eigenvalue weighted by Crippen LogP contribution is 2.29. The van der Waals surface area contributed by atoms with Crippen LogP contribution in [0.4, 0.5) is 0 Å². The maximum atomic E-state index is 12.9. The molecule has 1 fully saturated rings. The van der Waals surface area contributed by atoms with E-state index in [1.807, 2.05) is 13.8 Å². The maximum Gasteiger partial charge on any atom is 0.257 e. The maximum absolute atomic E-state index is 12.9. The minimum atomic E-state index is -1.06. The number of carbonyl (C=O) groups excluding carboxylic acids is 1. The van der Waals surface area contributed by atoms with Gasteiger partial charge in [0.2, 0.25) is 0 Å². The molecule has 2 N–H and O–H groups in total. The van der Waals surface area contributed by atoms with Crippen molar-refractivity contribution in [1.29, 1.82) is 0 Å². The Morgan fingerprint density at radius 1 is 1.23 bits per heavy atom. The van der Waals surface area contributed by atoms with Gasteiger partial charge in [0.15, 0.2) is 0 Å². The van der Waals surface area contributed by atoms with Crippen molar-refractivity contribution < 1.29 is 15.0 Å². The lowest BCUT2D eigenvalue weighted by molar-refractivity contribution is 0.0530. The second kappa shape index (κ2) is 6.72. The second-order valence-electron chi connectivity index (χ2n) is 7.57. The van der Waals surface area contributed by atoms with E-state index in [1.54, 1.807) is 41.7 Å². The average molecular weight is 358 g/mol. The lowest BCUT2D eigenvalue weighted by atomic mass is 9.98. The van der Waals surface area contributed by atoms with Crippen molar-refractivity contribution in [3.8, 4) is 5.75 Å². The monoisotopic (exact) mass is 358 g/mol. The van der Waals surface area contributed by atoms with Gasteiger partial charge in [0, 0.05) is 12.6 Å². The van der Waals surface area contributed by atoms with Crippen LogP contribution in [0.3, 0.4) is 0 Å². The van der Waals surface area contributed by atoms with Crippen LogP contribution in [-0.4, -0.2) is 48.6 Å². The molecule has 1 aromatic carbocycles. The van der Waals surface area contributed by atoms with Crippen LogP contribution in [0.15, 0.2) is 24.3 Å². The van der Waals surface area contributed by atoms with Gasteiger partial charge in [0.1, 0.15) is 17.0 Å². The number of hydrogen-bond acceptors (Lipinski definition) is 5. The van der Waals surface area contributed by atoms with Gasteiger partial charge in [-0.25, -0.2) is 0 Å². The van der Waals surface area contributed by atoms with Crippen LogP contribution in [0.1, 0.15) is 61.4 Å². The zero-order valence-electron chi connectivity index (χ0n) is 15.7. The fourth-order valence-electron chi connectivity index (χ4n) is 3.50. The Labute approximate surface area is 153 Å². The van der Waals surface area contributed by atoms with Gasteiger partial charge in [0.05, 0.1) is 17.3 Å². The lowest BCUT2D eigenvalue weighted by Gasteiger charge is -2.37. The summed E-state index contributed by atoms with van der Waals surface area (Å²) in [5.74, 6) is -0.198. The molecule has 0 aliphatic carbocycles. The Morgan fingerprint density at radius 2 is 1.92 bits per heavy atom.